The maximum Gasteiger partial charge on any atom is 0.252 e. The zero-order valence-corrected chi connectivity index (χ0v) is 48.4. The summed E-state index contributed by atoms with van der Waals surface area (Å²) in [6.07, 6.45) is 0. The molecule has 2 heterocycles. The van der Waals surface area contributed by atoms with Crippen molar-refractivity contribution in [2.75, 3.05) is 9.80 Å². The van der Waals surface area contributed by atoms with Crippen LogP contribution in [0.5, 0.6) is 0 Å². The molecule has 88 heavy (non-hydrogen) atoms. The first-order valence-electron chi connectivity index (χ1n) is 30.6. The normalized spacial score (nSPS) is 13.0. The minimum absolute atomic E-state index is 0.202. The molecule has 17 rings (SSSR count). The van der Waals surface area contributed by atoms with E-state index in [-0.39, 0.29) is 6.71 Å². The van der Waals surface area contributed by atoms with E-state index in [1.165, 1.54) is 117 Å². The van der Waals surface area contributed by atoms with Gasteiger partial charge >= 0.3 is 0 Å². The van der Waals surface area contributed by atoms with Gasteiger partial charge in [-0.25, -0.2) is 0 Å². The van der Waals surface area contributed by atoms with Gasteiger partial charge in [0.25, 0.3) is 6.71 Å². The third kappa shape index (κ3) is 8.19. The molecular weight excluding hydrogens is 1060 g/mol. The summed E-state index contributed by atoms with van der Waals surface area (Å²) in [4.78, 5) is 5.19. The van der Waals surface area contributed by atoms with E-state index in [4.69, 9.17) is 0 Å². The lowest BCUT2D eigenvalue weighted by Gasteiger charge is -2.46. The van der Waals surface area contributed by atoms with Crippen molar-refractivity contribution in [3.05, 3.63) is 368 Å². The Kier molecular flexibility index (Phi) is 12.3. The van der Waals surface area contributed by atoms with E-state index < -0.39 is 5.41 Å². The molecule has 0 bridgehead atoms. The van der Waals surface area contributed by atoms with E-state index in [1.54, 1.807) is 0 Å². The fourth-order valence-corrected chi connectivity index (χ4v) is 14.9. The van der Waals surface area contributed by atoms with E-state index in [2.05, 4.69) is 356 Å². The summed E-state index contributed by atoms with van der Waals surface area (Å²) in [5.41, 5.74) is 31.6. The molecule has 0 fully saturated rings. The van der Waals surface area contributed by atoms with Crippen LogP contribution in [0.4, 0.5) is 34.1 Å². The van der Waals surface area contributed by atoms with E-state index in [9.17, 15) is 0 Å². The van der Waals surface area contributed by atoms with Crippen molar-refractivity contribution in [1.82, 2.24) is 0 Å². The molecule has 0 saturated heterocycles. The molecular formula is C85H57BN2. The van der Waals surface area contributed by atoms with Crippen LogP contribution in [0.1, 0.15) is 22.3 Å². The highest BCUT2D eigenvalue weighted by Crippen LogP contribution is 2.58. The van der Waals surface area contributed by atoms with Gasteiger partial charge in [-0.05, 0) is 165 Å². The Balaban J connectivity index is 1.00. The minimum Gasteiger partial charge on any atom is -0.311 e. The van der Waals surface area contributed by atoms with Crippen LogP contribution in [-0.2, 0) is 5.41 Å². The average molecular weight is 1120 g/mol. The number of hydrogen-bond donors (Lipinski definition) is 0. The van der Waals surface area contributed by atoms with Crippen LogP contribution in [-0.4, -0.2) is 6.71 Å². The van der Waals surface area contributed by atoms with Crippen LogP contribution in [0.25, 0.3) is 77.9 Å². The van der Waals surface area contributed by atoms with Gasteiger partial charge in [0.05, 0.1) is 5.41 Å². The van der Waals surface area contributed by atoms with Gasteiger partial charge in [-0.3, -0.25) is 0 Å². The average Bonchev–Trinajstić information content (AvgIpc) is 0.965. The Morgan fingerprint density at radius 1 is 0.216 bits per heavy atom. The first kappa shape index (κ1) is 51.2. The maximum atomic E-state index is 2.59. The second kappa shape index (κ2) is 21.1. The standard InChI is InChI=1S/C85H57BN2/c1-6-24-58(25-7-1)60-42-48-68(49-43-60)87-80-52-46-64(72-36-18-16-34-70(72)62-28-10-3-11-29-62)54-78(80)86-79-55-65(73-37-19-17-35-71(73)63-30-12-4-13-31-63)47-53-81(79)88(69-50-44-61(45-51-69)59-26-8-2-9-27-59)83-57-67(56-82(87)84(83)86)85(66-32-14-5-15-33-66)76-40-22-20-38-74(76)75-39-21-23-41-77(75)85/h1-57H. The number of fused-ring (bicyclic) bond motifs is 7. The number of nitrogens with zero attached hydrogens (tertiary/aromatic N) is 2. The Labute approximate surface area is 515 Å². The molecule has 0 atom stereocenters. The Hall–Kier alpha value is -11.3. The quantitative estimate of drug-likeness (QED) is 0.126. The summed E-state index contributed by atoms with van der Waals surface area (Å²) < 4.78 is 0. The lowest BCUT2D eigenvalue weighted by molar-refractivity contribution is 0.768. The van der Waals surface area contributed by atoms with Crippen LogP contribution in [0.3, 0.4) is 0 Å². The highest BCUT2D eigenvalue weighted by atomic mass is 15.2. The second-order valence-corrected chi connectivity index (χ2v) is 23.4. The van der Waals surface area contributed by atoms with Gasteiger partial charge in [0.2, 0.25) is 0 Å². The molecule has 3 heteroatoms. The SMILES string of the molecule is c1ccc(-c2ccc(N3c4ccc(-c5ccccc5-c5ccccc5)cc4B4c5cc(-c6ccccc6-c6ccccc6)ccc5N(c5ccc(-c6ccccc6)cc5)c5cc(C6(c7ccccc7)c7ccccc7-c7ccccc76)cc3c54)cc2)cc1. The Morgan fingerprint density at radius 3 is 0.920 bits per heavy atom. The third-order valence-electron chi connectivity index (χ3n) is 18.8. The summed E-state index contributed by atoms with van der Waals surface area (Å²) in [5, 5.41) is 0. The van der Waals surface area contributed by atoms with Crippen LogP contribution in [0.2, 0.25) is 0 Å². The molecule has 0 N–H and O–H groups in total. The lowest BCUT2D eigenvalue weighted by atomic mass is 9.33. The largest absolute Gasteiger partial charge is 0.311 e. The number of anilines is 6. The molecule has 3 aliphatic rings. The van der Waals surface area contributed by atoms with Gasteiger partial charge in [0.15, 0.2) is 0 Å². The second-order valence-electron chi connectivity index (χ2n) is 23.4. The van der Waals surface area contributed by atoms with Crippen molar-refractivity contribution in [3.63, 3.8) is 0 Å². The number of hydrogen-bond acceptors (Lipinski definition) is 2. The minimum atomic E-state index is -0.697. The van der Waals surface area contributed by atoms with Crippen LogP contribution >= 0.6 is 0 Å². The maximum absolute atomic E-state index is 2.59. The molecule has 0 unspecified atom stereocenters. The van der Waals surface area contributed by atoms with Crippen LogP contribution < -0.4 is 26.2 Å². The summed E-state index contributed by atoms with van der Waals surface area (Å²) >= 11 is 0. The summed E-state index contributed by atoms with van der Waals surface area (Å²) in [6, 6.07) is 129. The highest BCUT2D eigenvalue weighted by molar-refractivity contribution is 7.00. The van der Waals surface area contributed by atoms with Crippen LogP contribution in [0, 0.1) is 0 Å². The van der Waals surface area contributed by atoms with Crippen molar-refractivity contribution in [2.24, 2.45) is 0 Å². The van der Waals surface area contributed by atoms with E-state index in [1.807, 2.05) is 0 Å². The topological polar surface area (TPSA) is 6.48 Å². The number of benzene rings is 14. The first-order valence-corrected chi connectivity index (χ1v) is 30.6. The molecule has 14 aromatic rings. The molecule has 2 aliphatic heterocycles. The molecule has 0 spiro atoms. The van der Waals surface area contributed by atoms with Gasteiger partial charge in [0, 0.05) is 34.1 Å². The summed E-state index contributed by atoms with van der Waals surface area (Å²) in [6.45, 7) is -0.202. The van der Waals surface area contributed by atoms with Gasteiger partial charge in [-0.15, -0.1) is 0 Å². The van der Waals surface area contributed by atoms with E-state index in [0.717, 1.165) is 34.1 Å². The van der Waals surface area contributed by atoms with Gasteiger partial charge < -0.3 is 9.80 Å². The van der Waals surface area contributed by atoms with Gasteiger partial charge in [-0.2, -0.15) is 0 Å². The van der Waals surface area contributed by atoms with Crippen molar-refractivity contribution in [3.8, 4) is 77.9 Å². The summed E-state index contributed by atoms with van der Waals surface area (Å²) in [7, 11) is 0. The molecule has 2 nitrogen and oxygen atoms in total. The highest BCUT2D eigenvalue weighted by Gasteiger charge is 2.50. The molecule has 1 aliphatic carbocycles. The van der Waals surface area contributed by atoms with E-state index >= 15 is 0 Å². The molecule has 0 aromatic heterocycles. The third-order valence-corrected chi connectivity index (χ3v) is 18.8. The van der Waals surface area contributed by atoms with Crippen LogP contribution in [0.15, 0.2) is 346 Å². The molecule has 0 amide bonds. The predicted octanol–water partition coefficient (Wildman–Crippen LogP) is 20.1. The lowest BCUT2D eigenvalue weighted by Crippen LogP contribution is -2.61. The van der Waals surface area contributed by atoms with Crippen molar-refractivity contribution in [2.45, 2.75) is 5.41 Å². The first-order chi connectivity index (χ1) is 43.7. The molecule has 0 saturated carbocycles. The predicted molar refractivity (Wildman–Crippen MR) is 370 cm³/mol. The van der Waals surface area contributed by atoms with Crippen molar-refractivity contribution in [1.29, 1.82) is 0 Å². The van der Waals surface area contributed by atoms with E-state index in [0.29, 0.717) is 0 Å². The fraction of sp³-hybridized carbons (Fsp3) is 0.0118. The molecule has 0 radical (unpaired) electrons. The van der Waals surface area contributed by atoms with Gasteiger partial charge in [-0.1, -0.05) is 297 Å². The van der Waals surface area contributed by atoms with Gasteiger partial charge in [0.1, 0.15) is 0 Å². The zero-order valence-electron chi connectivity index (χ0n) is 48.4. The monoisotopic (exact) mass is 1120 g/mol. The Bertz CT molecular complexity index is 4660. The zero-order chi connectivity index (χ0) is 58.1. The van der Waals surface area contributed by atoms with Crippen molar-refractivity contribution < 1.29 is 0 Å². The Morgan fingerprint density at radius 2 is 0.523 bits per heavy atom. The fourth-order valence-electron chi connectivity index (χ4n) is 14.9. The molecule has 14 aromatic carbocycles. The van der Waals surface area contributed by atoms with Crippen molar-refractivity contribution >= 4 is 57.2 Å². The molecule has 410 valence electrons. The summed E-state index contributed by atoms with van der Waals surface area (Å²) in [5.74, 6) is 0. The smallest absolute Gasteiger partial charge is 0.252 e. The number of rotatable bonds is 10.